The highest BCUT2D eigenvalue weighted by Crippen LogP contribution is 2.33. The number of amides is 15. The number of hydrogen-bond donors (Lipinski definition) is 21. The zero-order valence-corrected chi connectivity index (χ0v) is 74.6. The van der Waals surface area contributed by atoms with E-state index >= 15 is 0 Å². The van der Waals surface area contributed by atoms with Gasteiger partial charge in [-0.1, -0.05) is 101 Å². The maximum Gasteiger partial charge on any atom is 0.242 e. The van der Waals surface area contributed by atoms with Crippen molar-refractivity contribution >= 4 is 88.6 Å². The predicted octanol–water partition coefficient (Wildman–Crippen LogP) is -1.27. The molecule has 0 aromatic heterocycles. The highest BCUT2D eigenvalue weighted by atomic mass is 16.2. The second-order valence-electron chi connectivity index (χ2n) is 38.5. The van der Waals surface area contributed by atoms with E-state index in [2.05, 4.69) is 90.4 Å². The Bertz CT molecular complexity index is 3590. The molecule has 36 nitrogen and oxygen atoms in total. The number of carbonyl (C=O) groups is 15. The third-order valence-corrected chi connectivity index (χ3v) is 26.1. The van der Waals surface area contributed by atoms with Crippen LogP contribution in [0.5, 0.6) is 0 Å². The molecule has 0 aromatic rings. The Balaban J connectivity index is 0.830. The fourth-order valence-corrected chi connectivity index (χ4v) is 19.4. The molecule has 23 atom stereocenters. The van der Waals surface area contributed by atoms with Crippen LogP contribution in [0.2, 0.25) is 0 Å². The molecular weight excluding hydrogens is 1580 g/mol. The van der Waals surface area contributed by atoms with Crippen LogP contribution < -0.4 is 113 Å². The van der Waals surface area contributed by atoms with Crippen molar-refractivity contribution in [3.63, 3.8) is 0 Å². The van der Waals surface area contributed by atoms with Gasteiger partial charge < -0.3 is 113 Å². The molecule has 8 fully saturated rings. The van der Waals surface area contributed by atoms with Crippen LogP contribution in [0.1, 0.15) is 236 Å². The number of hydrogen-bond acceptors (Lipinski definition) is 21. The van der Waals surface area contributed by atoms with Gasteiger partial charge in [-0.2, -0.15) is 0 Å². The van der Waals surface area contributed by atoms with Crippen LogP contribution in [0, 0.1) is 76.9 Å². The number of primary amides is 1. The van der Waals surface area contributed by atoms with Crippen LogP contribution in [0.4, 0.5) is 0 Å². The average molecular weight is 1730 g/mol. The quantitative estimate of drug-likeness (QED) is 0.0316. The van der Waals surface area contributed by atoms with E-state index in [1.54, 1.807) is 0 Å². The van der Waals surface area contributed by atoms with Crippen LogP contribution in [0.15, 0.2) is 0 Å². The van der Waals surface area contributed by atoms with Gasteiger partial charge in [0.05, 0.1) is 59.4 Å². The lowest BCUT2D eigenvalue weighted by atomic mass is 9.96. The summed E-state index contributed by atoms with van der Waals surface area (Å²) in [6, 6.07) is -11.6. The summed E-state index contributed by atoms with van der Waals surface area (Å²) in [6.45, 7) is 21.8. The summed E-state index contributed by atoms with van der Waals surface area (Å²) in [7, 11) is 0. The largest absolute Gasteiger partial charge is 0.369 e. The van der Waals surface area contributed by atoms with Gasteiger partial charge in [0.25, 0.3) is 0 Å². The molecule has 3 saturated heterocycles. The van der Waals surface area contributed by atoms with E-state index in [9.17, 15) is 71.9 Å². The lowest BCUT2D eigenvalue weighted by Crippen LogP contribution is -2.58. The van der Waals surface area contributed by atoms with E-state index in [-0.39, 0.29) is 99.8 Å². The zero-order valence-electron chi connectivity index (χ0n) is 74.6. The predicted molar refractivity (Wildman–Crippen MR) is 463 cm³/mol. The van der Waals surface area contributed by atoms with Crippen molar-refractivity contribution in [2.75, 3.05) is 52.4 Å². The van der Waals surface area contributed by atoms with Gasteiger partial charge >= 0.3 is 0 Å². The molecule has 3 aliphatic heterocycles. The minimum atomic E-state index is -1.03. The molecule has 5 saturated carbocycles. The fraction of sp³-hybridized carbons (Fsp3) is 0.828. The van der Waals surface area contributed by atoms with E-state index in [1.807, 2.05) is 69.2 Å². The molecule has 0 radical (unpaired) electrons. The topological polar surface area (TPSA) is 565 Å². The summed E-state index contributed by atoms with van der Waals surface area (Å²) in [5, 5.41) is 51.6. The van der Waals surface area contributed by atoms with Gasteiger partial charge in [0, 0.05) is 75.5 Å². The van der Waals surface area contributed by atoms with Gasteiger partial charge in [0.15, 0.2) is 0 Å². The Morgan fingerprint density at radius 1 is 0.268 bits per heavy atom. The lowest BCUT2D eigenvalue weighted by molar-refractivity contribution is -0.135. The summed E-state index contributed by atoms with van der Waals surface area (Å²) in [5.74, 6) is -12.3. The van der Waals surface area contributed by atoms with Gasteiger partial charge in [-0.05, 0) is 178 Å². The van der Waals surface area contributed by atoms with Crippen molar-refractivity contribution in [2.24, 2.45) is 99.9 Å². The van der Waals surface area contributed by atoms with Crippen molar-refractivity contribution in [1.29, 1.82) is 0 Å². The first-order chi connectivity index (χ1) is 58.5. The van der Waals surface area contributed by atoms with E-state index in [0.717, 1.165) is 6.42 Å². The Morgan fingerprint density at radius 2 is 0.488 bits per heavy atom. The van der Waals surface area contributed by atoms with Crippen LogP contribution >= 0.6 is 0 Å². The smallest absolute Gasteiger partial charge is 0.242 e. The van der Waals surface area contributed by atoms with Crippen molar-refractivity contribution in [2.45, 2.75) is 327 Å². The number of rotatable bonds is 47. The molecule has 694 valence electrons. The minimum Gasteiger partial charge on any atom is -0.369 e. The number of nitrogens with one attached hydrogen (secondary N) is 17. The molecule has 5 aliphatic carbocycles. The van der Waals surface area contributed by atoms with Crippen LogP contribution in [-0.2, 0) is 71.9 Å². The summed E-state index contributed by atoms with van der Waals surface area (Å²) < 4.78 is 0. The van der Waals surface area contributed by atoms with E-state index < -0.39 is 215 Å². The summed E-state index contributed by atoms with van der Waals surface area (Å²) >= 11 is 0. The Hall–Kier alpha value is -8.19. The number of unbranched alkanes of at least 4 members (excludes halogenated alkanes) is 2. The highest BCUT2D eigenvalue weighted by molar-refractivity contribution is 5.96. The fourth-order valence-electron chi connectivity index (χ4n) is 19.4. The summed E-state index contributed by atoms with van der Waals surface area (Å²) in [6.07, 6.45) is 12.0. The molecule has 123 heavy (non-hydrogen) atoms. The molecule has 0 spiro atoms. The lowest BCUT2D eigenvalue weighted by Gasteiger charge is -2.30. The standard InChI is InChI=1S/C87H151N21O15/c1-45(2)34-66(102-76(112)53-23-18-28-60(53)96-82(118)65(26-12-14-33-89)101-75(111)52-22-17-30-62(52)98-85(121)68(36-47(5)6)106-80(116)57-41-94-44-72(57)108-87(123)70(38-49(9)10)104-78(114)55-39-92-42-58(55)90)83(119)99-63-31-19-24-54(63)77(113)103-69(37-48(7)8)86(122)107-71-43-93-40-56(71)79(115)105-67(35-46(3)4)84(120)97-61-29-16-21-51(61)74(110)100-64(25-11-13-32-88)81(117)95-59-27-15-20-50(59)73(91)109/h45-72,92-94H,11-44,88-90H2,1-10H3,(H2,91,109)(H,95,117)(H,96,118)(H,97,120)(H,98,121)(H,99,119)(H,100,110)(H,101,111)(H,102,112)(H,103,113)(H,104,114)(H,105,115)(H,106,116)(H,107,122)(H,108,123)/t50-,51-,52-,53-,54-,55-,56-,57-,58-,59-,60-,61-,62-,63-,64-,65-,66-,67-,68-,69-,70-,71-,72-/m0/s1. The number of carbonyl (C=O) groups excluding carboxylic acids is 15. The van der Waals surface area contributed by atoms with Gasteiger partial charge in [0.1, 0.15) is 42.3 Å². The molecule has 0 bridgehead atoms. The van der Waals surface area contributed by atoms with Gasteiger partial charge in [-0.25, -0.2) is 0 Å². The molecule has 15 amide bonds. The van der Waals surface area contributed by atoms with Crippen LogP contribution in [0.25, 0.3) is 0 Å². The van der Waals surface area contributed by atoms with Crippen LogP contribution in [-0.4, -0.2) is 232 Å². The van der Waals surface area contributed by atoms with E-state index in [1.165, 1.54) is 0 Å². The molecule has 0 aromatic carbocycles. The van der Waals surface area contributed by atoms with Gasteiger partial charge in [-0.3, -0.25) is 71.9 Å². The third kappa shape index (κ3) is 30.0. The molecule has 8 rings (SSSR count). The molecule has 25 N–H and O–H groups in total. The van der Waals surface area contributed by atoms with Crippen molar-refractivity contribution in [3.05, 3.63) is 0 Å². The Labute approximate surface area is 726 Å². The van der Waals surface area contributed by atoms with Crippen LogP contribution in [0.3, 0.4) is 0 Å². The average Bonchev–Trinajstić information content (AvgIpc) is 1.72. The third-order valence-electron chi connectivity index (χ3n) is 26.1. The first kappa shape index (κ1) is 100. The summed E-state index contributed by atoms with van der Waals surface area (Å²) in [5.41, 5.74) is 23.5. The monoisotopic (exact) mass is 1730 g/mol. The maximum absolute atomic E-state index is 14.6. The first-order valence-electron chi connectivity index (χ1n) is 46.4. The van der Waals surface area contributed by atoms with Gasteiger partial charge in [0.2, 0.25) is 88.6 Å². The van der Waals surface area contributed by atoms with Gasteiger partial charge in [-0.15, -0.1) is 0 Å². The minimum absolute atomic E-state index is 0.0369. The first-order valence-corrected chi connectivity index (χ1v) is 46.4. The second-order valence-corrected chi connectivity index (χ2v) is 38.5. The molecular formula is C87H151N21O15. The Kier molecular flexibility index (Phi) is 40.0. The SMILES string of the molecule is CC(C)C[C@H](NC(=O)[C@H]1CNC[C@@H]1NC(=O)[C@H](CC(C)C)NC(=O)[C@H]1CCC[C@@H]1NC(=O)[C@H](CC(C)C)NC(=O)[C@H]1CCC[C@@H]1NC(=O)[C@H](CCCCN)NC(=O)[C@H]1CCC[C@@H]1NC(=O)[C@H](CC(C)C)NC(=O)[C@H]1CNC[C@@H]1NC(=O)[C@H](CC(C)C)NC(=O)[C@H]1CNC[C@@H]1N)C(=O)N[C@H]1CCC[C@@H]1C(=O)N[C@@H](CCCCN)C(=O)N[C@H]1CCC[C@@H]1C(N)=O. The van der Waals surface area contributed by atoms with Crippen molar-refractivity contribution in [3.8, 4) is 0 Å². The van der Waals surface area contributed by atoms with Crippen molar-refractivity contribution < 1.29 is 71.9 Å². The highest BCUT2D eigenvalue weighted by Gasteiger charge is 2.47. The number of nitrogens with two attached hydrogens (primary N) is 4. The normalized spacial score (nSPS) is 27.9. The zero-order chi connectivity index (χ0) is 89.9. The second kappa shape index (κ2) is 49.1. The molecule has 3 heterocycles. The van der Waals surface area contributed by atoms with Crippen molar-refractivity contribution in [1.82, 2.24) is 90.4 Å². The molecule has 36 heteroatoms. The molecule has 8 aliphatic rings. The maximum atomic E-state index is 14.6. The van der Waals surface area contributed by atoms with E-state index in [4.69, 9.17) is 22.9 Å². The Morgan fingerprint density at radius 3 is 0.740 bits per heavy atom. The van der Waals surface area contributed by atoms with E-state index in [0.29, 0.717) is 155 Å². The summed E-state index contributed by atoms with van der Waals surface area (Å²) in [4.78, 5) is 212. The molecule has 0 unspecified atom stereocenters.